The molecule has 0 radical (unpaired) electrons. The van der Waals surface area contributed by atoms with Gasteiger partial charge in [-0.05, 0) is 13.3 Å². The Morgan fingerprint density at radius 3 is 2.35 bits per heavy atom. The summed E-state index contributed by atoms with van der Waals surface area (Å²) in [5.74, 6) is -2.45. The van der Waals surface area contributed by atoms with Gasteiger partial charge >= 0.3 is 17.9 Å². The number of hydrogen-bond acceptors (Lipinski definition) is 5. The minimum absolute atomic E-state index is 0.0613. The monoisotopic (exact) mass is 282 g/mol. The van der Waals surface area contributed by atoms with E-state index in [0.717, 1.165) is 12.5 Å². The number of esters is 2. The second kappa shape index (κ2) is 11.7. The Morgan fingerprint density at radius 1 is 1.00 bits per heavy atom. The summed E-state index contributed by atoms with van der Waals surface area (Å²) in [6, 6.07) is 0. The Hall–Kier alpha value is -2.37. The maximum atomic E-state index is 11.2. The van der Waals surface area contributed by atoms with Crippen LogP contribution in [0.1, 0.15) is 19.8 Å². The van der Waals surface area contributed by atoms with E-state index < -0.39 is 17.9 Å². The summed E-state index contributed by atoms with van der Waals surface area (Å²) in [6.07, 6.45) is 9.78. The molecule has 1 N–H and O–H groups in total. The van der Waals surface area contributed by atoms with Gasteiger partial charge in [-0.25, -0.2) is 9.59 Å². The zero-order chi connectivity index (χ0) is 15.2. The van der Waals surface area contributed by atoms with Crippen molar-refractivity contribution in [3.05, 3.63) is 36.5 Å². The van der Waals surface area contributed by atoms with Crippen molar-refractivity contribution in [3.63, 3.8) is 0 Å². The minimum Gasteiger partial charge on any atom is -0.478 e. The van der Waals surface area contributed by atoms with Gasteiger partial charge < -0.3 is 14.6 Å². The molecule has 6 heteroatoms. The van der Waals surface area contributed by atoms with Crippen molar-refractivity contribution in [2.24, 2.45) is 0 Å². The molecule has 0 atom stereocenters. The summed E-state index contributed by atoms with van der Waals surface area (Å²) in [5.41, 5.74) is 0. The van der Waals surface area contributed by atoms with Gasteiger partial charge in [-0.1, -0.05) is 24.3 Å². The molecule has 0 aromatic carbocycles. The number of carbonyl (C=O) groups excluding carboxylic acids is 2. The van der Waals surface area contributed by atoms with Crippen LogP contribution in [0.4, 0.5) is 0 Å². The van der Waals surface area contributed by atoms with Crippen LogP contribution in [0.15, 0.2) is 36.5 Å². The quantitative estimate of drug-likeness (QED) is 0.299. The first-order chi connectivity index (χ1) is 9.56. The number of aliphatic carboxylic acids is 1. The highest BCUT2D eigenvalue weighted by molar-refractivity contribution is 5.90. The number of carboxylic acid groups (broad SMARTS) is 1. The van der Waals surface area contributed by atoms with Gasteiger partial charge in [-0.3, -0.25) is 4.79 Å². The first-order valence-corrected chi connectivity index (χ1v) is 6.05. The second-order valence-corrected chi connectivity index (χ2v) is 3.54. The number of allylic oxidation sites excluding steroid dienone is 3. The summed E-state index contributed by atoms with van der Waals surface area (Å²) in [5, 5.41) is 8.27. The van der Waals surface area contributed by atoms with Crippen LogP contribution in [-0.2, 0) is 23.9 Å². The van der Waals surface area contributed by atoms with Gasteiger partial charge in [-0.2, -0.15) is 0 Å². The molecule has 0 heterocycles. The van der Waals surface area contributed by atoms with Crippen molar-refractivity contribution < 1.29 is 29.0 Å². The van der Waals surface area contributed by atoms with Crippen molar-refractivity contribution in [3.8, 4) is 0 Å². The van der Waals surface area contributed by atoms with Crippen LogP contribution in [0.2, 0.25) is 0 Å². The number of ether oxygens (including phenoxy) is 2. The fraction of sp³-hybridized carbons (Fsp3) is 0.357. The Bertz CT molecular complexity index is 406. The molecule has 0 spiro atoms. The lowest BCUT2D eigenvalue weighted by Crippen LogP contribution is -2.12. The first-order valence-electron chi connectivity index (χ1n) is 6.05. The molecule has 0 unspecified atom stereocenters. The van der Waals surface area contributed by atoms with Gasteiger partial charge in [0.15, 0.2) is 0 Å². The molecule has 110 valence electrons. The predicted octanol–water partition coefficient (Wildman–Crippen LogP) is 1.63. The van der Waals surface area contributed by atoms with Gasteiger partial charge in [-0.15, -0.1) is 0 Å². The van der Waals surface area contributed by atoms with Crippen LogP contribution in [0.25, 0.3) is 0 Å². The predicted molar refractivity (Wildman–Crippen MR) is 71.9 cm³/mol. The molecular weight excluding hydrogens is 264 g/mol. The topological polar surface area (TPSA) is 89.9 Å². The van der Waals surface area contributed by atoms with Crippen LogP contribution in [0, 0.1) is 0 Å². The highest BCUT2D eigenvalue weighted by atomic mass is 16.6. The number of hydrogen-bond donors (Lipinski definition) is 1. The van der Waals surface area contributed by atoms with E-state index in [1.807, 2.05) is 25.2 Å². The Balaban J connectivity index is 3.64. The summed E-state index contributed by atoms with van der Waals surface area (Å²) >= 11 is 0. The third-order valence-electron chi connectivity index (χ3n) is 1.91. The standard InChI is InChI=1S/C14H18O6/c1-2-3-4-5-6-7-13(17)19-10-11-20-14(18)9-8-12(15)16/h2-3,5-6,8-9H,4,7,10-11H2,1H3,(H,15,16). The third-order valence-corrected chi connectivity index (χ3v) is 1.91. The smallest absolute Gasteiger partial charge is 0.331 e. The summed E-state index contributed by atoms with van der Waals surface area (Å²) in [6.45, 7) is 1.74. The zero-order valence-corrected chi connectivity index (χ0v) is 11.3. The van der Waals surface area contributed by atoms with Gasteiger partial charge in [0.25, 0.3) is 0 Å². The lowest BCUT2D eigenvalue weighted by Gasteiger charge is -2.03. The summed E-state index contributed by atoms with van der Waals surface area (Å²) in [7, 11) is 0. The fourth-order valence-electron chi connectivity index (χ4n) is 1.03. The molecular formula is C14H18O6. The molecule has 0 aromatic rings. The van der Waals surface area contributed by atoms with Crippen molar-refractivity contribution in [2.75, 3.05) is 13.2 Å². The summed E-state index contributed by atoms with van der Waals surface area (Å²) in [4.78, 5) is 32.3. The van der Waals surface area contributed by atoms with Crippen molar-refractivity contribution >= 4 is 17.9 Å². The number of carboxylic acids is 1. The number of rotatable bonds is 9. The van der Waals surface area contributed by atoms with E-state index in [4.69, 9.17) is 9.84 Å². The Kier molecular flexibility index (Phi) is 10.3. The first kappa shape index (κ1) is 17.6. The van der Waals surface area contributed by atoms with Crippen LogP contribution in [-0.4, -0.2) is 36.2 Å². The molecule has 0 saturated heterocycles. The van der Waals surface area contributed by atoms with E-state index in [2.05, 4.69) is 4.74 Å². The highest BCUT2D eigenvalue weighted by Gasteiger charge is 2.01. The molecule has 0 aliphatic heterocycles. The SMILES string of the molecule is CC=CCC=CCC(=O)OCCOC(=O)C=CC(=O)O. The highest BCUT2D eigenvalue weighted by Crippen LogP contribution is 1.93. The fourth-order valence-corrected chi connectivity index (χ4v) is 1.03. The Labute approximate surface area is 117 Å². The summed E-state index contributed by atoms with van der Waals surface area (Å²) < 4.78 is 9.41. The zero-order valence-electron chi connectivity index (χ0n) is 11.3. The van der Waals surface area contributed by atoms with Crippen molar-refractivity contribution in [2.45, 2.75) is 19.8 Å². The van der Waals surface area contributed by atoms with Crippen LogP contribution < -0.4 is 0 Å². The molecule has 0 fully saturated rings. The average molecular weight is 282 g/mol. The minimum atomic E-state index is -1.24. The molecule has 0 rings (SSSR count). The largest absolute Gasteiger partial charge is 0.478 e. The van der Waals surface area contributed by atoms with Crippen molar-refractivity contribution in [1.29, 1.82) is 0 Å². The third kappa shape index (κ3) is 12.1. The van der Waals surface area contributed by atoms with E-state index >= 15 is 0 Å². The second-order valence-electron chi connectivity index (χ2n) is 3.54. The molecule has 0 aromatic heterocycles. The molecule has 0 amide bonds. The van der Waals surface area contributed by atoms with Crippen LogP contribution in [0.5, 0.6) is 0 Å². The van der Waals surface area contributed by atoms with Gasteiger partial charge in [0.2, 0.25) is 0 Å². The molecule has 0 saturated carbocycles. The van der Waals surface area contributed by atoms with Crippen LogP contribution >= 0.6 is 0 Å². The molecule has 20 heavy (non-hydrogen) atoms. The van der Waals surface area contributed by atoms with Gasteiger partial charge in [0, 0.05) is 12.2 Å². The molecule has 0 aliphatic rings. The maximum Gasteiger partial charge on any atom is 0.331 e. The van der Waals surface area contributed by atoms with E-state index in [1.54, 1.807) is 6.08 Å². The van der Waals surface area contributed by atoms with E-state index in [1.165, 1.54) is 0 Å². The van der Waals surface area contributed by atoms with E-state index in [-0.39, 0.29) is 19.6 Å². The maximum absolute atomic E-state index is 11.2. The van der Waals surface area contributed by atoms with Gasteiger partial charge in [0.1, 0.15) is 13.2 Å². The molecule has 6 nitrogen and oxygen atoms in total. The van der Waals surface area contributed by atoms with Crippen molar-refractivity contribution in [1.82, 2.24) is 0 Å². The molecule has 0 bridgehead atoms. The van der Waals surface area contributed by atoms with E-state index in [9.17, 15) is 14.4 Å². The lowest BCUT2D eigenvalue weighted by atomic mass is 10.3. The number of carbonyl (C=O) groups is 3. The molecule has 0 aliphatic carbocycles. The normalized spacial score (nSPS) is 11.2. The van der Waals surface area contributed by atoms with Gasteiger partial charge in [0.05, 0.1) is 6.42 Å². The Morgan fingerprint density at radius 2 is 1.70 bits per heavy atom. The lowest BCUT2D eigenvalue weighted by molar-refractivity contribution is -0.149. The van der Waals surface area contributed by atoms with E-state index in [0.29, 0.717) is 6.08 Å². The van der Waals surface area contributed by atoms with Crippen LogP contribution in [0.3, 0.4) is 0 Å². The average Bonchev–Trinajstić information content (AvgIpc) is 2.41.